The fraction of sp³-hybridized carbons (Fsp3) is 0.938. The van der Waals surface area contributed by atoms with E-state index < -0.39 is 0 Å². The van der Waals surface area contributed by atoms with E-state index in [9.17, 15) is 4.79 Å². The zero-order valence-electron chi connectivity index (χ0n) is 13.4. The number of hydrogen-bond acceptors (Lipinski definition) is 3. The van der Waals surface area contributed by atoms with Crippen LogP contribution in [0.5, 0.6) is 0 Å². The fourth-order valence-electron chi connectivity index (χ4n) is 2.95. The van der Waals surface area contributed by atoms with Crippen LogP contribution in [0.1, 0.15) is 59.3 Å². The van der Waals surface area contributed by atoms with E-state index in [0.29, 0.717) is 25.0 Å². The van der Waals surface area contributed by atoms with E-state index in [1.54, 1.807) is 0 Å². The van der Waals surface area contributed by atoms with Gasteiger partial charge >= 0.3 is 0 Å². The van der Waals surface area contributed by atoms with Crippen LogP contribution in [-0.2, 0) is 4.79 Å². The van der Waals surface area contributed by atoms with Gasteiger partial charge in [-0.25, -0.2) is 0 Å². The summed E-state index contributed by atoms with van der Waals surface area (Å²) in [5.41, 5.74) is 0. The predicted molar refractivity (Wildman–Crippen MR) is 82.6 cm³/mol. The summed E-state index contributed by atoms with van der Waals surface area (Å²) in [4.78, 5) is 14.3. The van der Waals surface area contributed by atoms with Crippen molar-refractivity contribution >= 4 is 5.91 Å². The maximum absolute atomic E-state index is 12.1. The Morgan fingerprint density at radius 3 is 2.45 bits per heavy atom. The summed E-state index contributed by atoms with van der Waals surface area (Å²) in [5.74, 6) is 0.778. The summed E-state index contributed by atoms with van der Waals surface area (Å²) < 4.78 is 0. The van der Waals surface area contributed by atoms with Gasteiger partial charge in [-0.3, -0.25) is 9.69 Å². The van der Waals surface area contributed by atoms with E-state index in [4.69, 9.17) is 5.11 Å². The van der Waals surface area contributed by atoms with E-state index in [1.807, 2.05) is 0 Å². The fourth-order valence-corrected chi connectivity index (χ4v) is 2.95. The Hall–Kier alpha value is -0.610. The second-order valence-electron chi connectivity index (χ2n) is 6.57. The molecule has 1 aliphatic rings. The number of hydrogen-bond donors (Lipinski definition) is 2. The van der Waals surface area contributed by atoms with Crippen molar-refractivity contribution in [2.45, 2.75) is 71.4 Å². The lowest BCUT2D eigenvalue weighted by molar-refractivity contribution is -0.123. The summed E-state index contributed by atoms with van der Waals surface area (Å²) in [7, 11) is 0. The van der Waals surface area contributed by atoms with Gasteiger partial charge < -0.3 is 10.4 Å². The van der Waals surface area contributed by atoms with Crippen LogP contribution in [0.3, 0.4) is 0 Å². The number of amides is 1. The van der Waals surface area contributed by atoms with Crippen LogP contribution in [0.25, 0.3) is 0 Å². The summed E-state index contributed by atoms with van der Waals surface area (Å²) >= 11 is 0. The molecule has 0 spiro atoms. The molecule has 1 aliphatic carbocycles. The maximum atomic E-state index is 12.1. The maximum Gasteiger partial charge on any atom is 0.234 e. The summed E-state index contributed by atoms with van der Waals surface area (Å²) in [6.45, 7) is 7.66. The third-order valence-corrected chi connectivity index (χ3v) is 4.16. The smallest absolute Gasteiger partial charge is 0.234 e. The number of nitrogens with one attached hydrogen (secondary N) is 1. The van der Waals surface area contributed by atoms with Crippen LogP contribution >= 0.6 is 0 Å². The first-order chi connectivity index (χ1) is 9.52. The lowest BCUT2D eigenvalue weighted by Crippen LogP contribution is -2.45. The van der Waals surface area contributed by atoms with Crippen molar-refractivity contribution in [1.29, 1.82) is 0 Å². The van der Waals surface area contributed by atoms with Crippen molar-refractivity contribution in [3.63, 3.8) is 0 Å². The highest BCUT2D eigenvalue weighted by Crippen LogP contribution is 2.23. The molecule has 0 radical (unpaired) electrons. The van der Waals surface area contributed by atoms with Crippen LogP contribution in [0.4, 0.5) is 0 Å². The second-order valence-corrected chi connectivity index (χ2v) is 6.57. The Labute approximate surface area is 123 Å². The minimum atomic E-state index is 0.0987. The molecule has 0 saturated heterocycles. The average molecular weight is 284 g/mol. The molecule has 0 heterocycles. The molecule has 1 unspecified atom stereocenters. The van der Waals surface area contributed by atoms with Gasteiger partial charge in [0.05, 0.1) is 13.2 Å². The first kappa shape index (κ1) is 17.4. The first-order valence-corrected chi connectivity index (χ1v) is 8.17. The highest BCUT2D eigenvalue weighted by Gasteiger charge is 2.24. The third-order valence-electron chi connectivity index (χ3n) is 4.16. The van der Waals surface area contributed by atoms with Crippen LogP contribution in [0.15, 0.2) is 0 Å². The van der Waals surface area contributed by atoms with E-state index in [0.717, 1.165) is 25.7 Å². The molecular weight excluding hydrogens is 252 g/mol. The summed E-state index contributed by atoms with van der Waals surface area (Å²) in [6, 6.07) is 0.725. The quantitative estimate of drug-likeness (QED) is 0.682. The monoisotopic (exact) mass is 284 g/mol. The van der Waals surface area contributed by atoms with Gasteiger partial charge in [0, 0.05) is 18.6 Å². The predicted octanol–water partition coefficient (Wildman–Crippen LogP) is 2.16. The first-order valence-electron chi connectivity index (χ1n) is 8.17. The molecule has 118 valence electrons. The molecule has 20 heavy (non-hydrogen) atoms. The minimum Gasteiger partial charge on any atom is -0.395 e. The molecule has 0 aromatic carbocycles. The zero-order chi connectivity index (χ0) is 15.0. The van der Waals surface area contributed by atoms with Gasteiger partial charge in [-0.05, 0) is 38.5 Å². The molecule has 4 heteroatoms. The van der Waals surface area contributed by atoms with Gasteiger partial charge in [-0.1, -0.05) is 26.7 Å². The lowest BCUT2D eigenvalue weighted by Gasteiger charge is -2.28. The third kappa shape index (κ3) is 6.71. The van der Waals surface area contributed by atoms with Gasteiger partial charge in [0.25, 0.3) is 0 Å². The Morgan fingerprint density at radius 2 is 1.90 bits per heavy atom. The Morgan fingerprint density at radius 1 is 1.25 bits per heavy atom. The largest absolute Gasteiger partial charge is 0.395 e. The Bertz CT molecular complexity index is 276. The summed E-state index contributed by atoms with van der Waals surface area (Å²) in [6.07, 6.45) is 7.00. The molecule has 1 fully saturated rings. The number of rotatable bonds is 9. The van der Waals surface area contributed by atoms with E-state index >= 15 is 0 Å². The van der Waals surface area contributed by atoms with E-state index in [1.165, 1.54) is 12.8 Å². The molecule has 0 aromatic rings. The second kappa shape index (κ2) is 9.35. The number of aliphatic hydroxyl groups excluding tert-OH is 1. The Balaban J connectivity index is 2.33. The van der Waals surface area contributed by atoms with E-state index in [-0.39, 0.29) is 18.6 Å². The molecule has 1 saturated carbocycles. The highest BCUT2D eigenvalue weighted by atomic mass is 16.3. The normalized spacial score (nSPS) is 17.9. The molecule has 0 aliphatic heterocycles. The van der Waals surface area contributed by atoms with Crippen molar-refractivity contribution in [2.75, 3.05) is 19.7 Å². The van der Waals surface area contributed by atoms with Crippen molar-refractivity contribution in [2.24, 2.45) is 5.92 Å². The van der Waals surface area contributed by atoms with Crippen LogP contribution < -0.4 is 5.32 Å². The lowest BCUT2D eigenvalue weighted by atomic mass is 10.0. The zero-order valence-corrected chi connectivity index (χ0v) is 13.4. The van der Waals surface area contributed by atoms with Crippen molar-refractivity contribution in [1.82, 2.24) is 10.2 Å². The number of aliphatic hydroxyl groups is 1. The van der Waals surface area contributed by atoms with Crippen molar-refractivity contribution < 1.29 is 9.90 Å². The van der Waals surface area contributed by atoms with E-state index in [2.05, 4.69) is 31.0 Å². The minimum absolute atomic E-state index is 0.0987. The molecule has 0 bridgehead atoms. The summed E-state index contributed by atoms with van der Waals surface area (Å²) in [5, 5.41) is 12.2. The standard InChI is InChI=1S/C16H32N2O2/c1-13(2)8-9-14(3)17-16(20)12-18(10-11-19)15-6-4-5-7-15/h13-15,19H,4-12H2,1-3H3,(H,17,20). The Kier molecular flexibility index (Phi) is 8.15. The van der Waals surface area contributed by atoms with Gasteiger partial charge in [-0.15, -0.1) is 0 Å². The molecule has 2 N–H and O–H groups in total. The average Bonchev–Trinajstić information content (AvgIpc) is 2.89. The molecule has 1 rings (SSSR count). The van der Waals surface area contributed by atoms with Gasteiger partial charge in [-0.2, -0.15) is 0 Å². The molecule has 1 atom stereocenters. The molecule has 1 amide bonds. The highest BCUT2D eigenvalue weighted by molar-refractivity contribution is 5.78. The molecule has 0 aromatic heterocycles. The number of nitrogens with zero attached hydrogens (tertiary/aromatic N) is 1. The number of carbonyl (C=O) groups excluding carboxylic acids is 1. The van der Waals surface area contributed by atoms with Crippen LogP contribution in [-0.4, -0.2) is 47.7 Å². The van der Waals surface area contributed by atoms with Crippen molar-refractivity contribution in [3.05, 3.63) is 0 Å². The molecular formula is C16H32N2O2. The van der Waals surface area contributed by atoms with Crippen LogP contribution in [0.2, 0.25) is 0 Å². The topological polar surface area (TPSA) is 52.6 Å². The van der Waals surface area contributed by atoms with Gasteiger partial charge in [0.1, 0.15) is 0 Å². The van der Waals surface area contributed by atoms with Gasteiger partial charge in [0.2, 0.25) is 5.91 Å². The molecule has 4 nitrogen and oxygen atoms in total. The van der Waals surface area contributed by atoms with Crippen molar-refractivity contribution in [3.8, 4) is 0 Å². The van der Waals surface area contributed by atoms with Gasteiger partial charge in [0.15, 0.2) is 0 Å². The SMILES string of the molecule is CC(C)CCC(C)NC(=O)CN(CCO)C1CCCC1. The van der Waals surface area contributed by atoms with Crippen LogP contribution in [0, 0.1) is 5.92 Å². The number of carbonyl (C=O) groups is 1.